The van der Waals surface area contributed by atoms with Gasteiger partial charge in [0.1, 0.15) is 5.76 Å². The molecule has 31 heavy (non-hydrogen) atoms. The topological polar surface area (TPSA) is 70.8 Å². The van der Waals surface area contributed by atoms with Crippen LogP contribution in [0.1, 0.15) is 42.6 Å². The summed E-state index contributed by atoms with van der Waals surface area (Å²) < 4.78 is 30.2. The van der Waals surface area contributed by atoms with Crippen molar-refractivity contribution in [2.24, 2.45) is 0 Å². The van der Waals surface area contributed by atoms with E-state index in [0.717, 1.165) is 42.9 Å². The Kier molecular flexibility index (Phi) is 6.51. The molecule has 6 nitrogen and oxygen atoms in total. The minimum absolute atomic E-state index is 0.0107. The molecule has 2 aromatic rings. The summed E-state index contributed by atoms with van der Waals surface area (Å²) in [5.41, 5.74) is 2.09. The quantitative estimate of drug-likeness (QED) is 0.637. The summed E-state index contributed by atoms with van der Waals surface area (Å²) in [6.07, 6.45) is 7.33. The number of carbonyl (C=O) groups excluding carboxylic acids is 1. The van der Waals surface area contributed by atoms with Gasteiger partial charge in [0.2, 0.25) is 5.91 Å². The third-order valence-corrected chi connectivity index (χ3v) is 7.82. The second-order valence-corrected chi connectivity index (χ2v) is 10.8. The van der Waals surface area contributed by atoms with E-state index in [9.17, 15) is 13.2 Å². The number of anilines is 1. The van der Waals surface area contributed by atoms with Crippen molar-refractivity contribution in [1.82, 2.24) is 4.90 Å². The molecule has 2 aliphatic rings. The molecule has 166 valence electrons. The van der Waals surface area contributed by atoms with Gasteiger partial charge in [-0.2, -0.15) is 0 Å². The first-order valence-electron chi connectivity index (χ1n) is 11.0. The largest absolute Gasteiger partial charge is 0.444 e. The average molecular weight is 443 g/mol. The van der Waals surface area contributed by atoms with Gasteiger partial charge in [-0.3, -0.25) is 4.79 Å². The van der Waals surface area contributed by atoms with Crippen molar-refractivity contribution in [2.75, 3.05) is 29.5 Å². The molecule has 0 radical (unpaired) electrons. The van der Waals surface area contributed by atoms with E-state index < -0.39 is 9.84 Å². The maximum atomic E-state index is 13.1. The molecule has 1 atom stereocenters. The van der Waals surface area contributed by atoms with Crippen LogP contribution in [0, 0.1) is 6.92 Å². The molecule has 0 spiro atoms. The number of hydrogen-bond donors (Lipinski definition) is 0. The number of furan rings is 1. The SMILES string of the molecule is Cc1ccc(/C=C/C(=O)N(Cc2ccc(N3CCCCC3)o2)C2CCS(=O)(=O)C2)cc1. The first-order valence-corrected chi connectivity index (χ1v) is 12.8. The average Bonchev–Trinajstić information content (AvgIpc) is 3.38. The fourth-order valence-electron chi connectivity index (χ4n) is 4.25. The van der Waals surface area contributed by atoms with Crippen LogP contribution in [0.5, 0.6) is 0 Å². The van der Waals surface area contributed by atoms with Gasteiger partial charge < -0.3 is 14.2 Å². The second-order valence-electron chi connectivity index (χ2n) is 8.55. The third kappa shape index (κ3) is 5.58. The van der Waals surface area contributed by atoms with Crippen molar-refractivity contribution in [2.45, 2.75) is 45.2 Å². The van der Waals surface area contributed by atoms with Gasteiger partial charge in [-0.1, -0.05) is 29.8 Å². The van der Waals surface area contributed by atoms with E-state index >= 15 is 0 Å². The molecule has 0 aliphatic carbocycles. The fraction of sp³-hybridized carbons (Fsp3) is 0.458. The minimum atomic E-state index is -3.11. The van der Waals surface area contributed by atoms with Gasteiger partial charge in [-0.25, -0.2) is 8.42 Å². The zero-order chi connectivity index (χ0) is 21.8. The highest BCUT2D eigenvalue weighted by Gasteiger charge is 2.34. The summed E-state index contributed by atoms with van der Waals surface area (Å²) in [6.45, 7) is 4.25. The maximum absolute atomic E-state index is 13.1. The Bertz CT molecular complexity index is 1030. The summed E-state index contributed by atoms with van der Waals surface area (Å²) in [4.78, 5) is 17.0. The molecule has 2 saturated heterocycles. The standard InChI is InChI=1S/C24H30N2O4S/c1-19-5-7-20(8-6-19)9-11-23(27)26(21-13-16-31(28,29)18-21)17-22-10-12-24(30-22)25-14-3-2-4-15-25/h5-12,21H,2-4,13-18H2,1H3/b11-9+. The van der Waals surface area contributed by atoms with E-state index in [4.69, 9.17) is 4.42 Å². The van der Waals surface area contributed by atoms with Crippen LogP contribution in [0.4, 0.5) is 5.88 Å². The van der Waals surface area contributed by atoms with Crippen molar-refractivity contribution < 1.29 is 17.6 Å². The minimum Gasteiger partial charge on any atom is -0.444 e. The summed E-state index contributed by atoms with van der Waals surface area (Å²) in [6, 6.07) is 11.4. The fourth-order valence-corrected chi connectivity index (χ4v) is 5.98. The number of hydrogen-bond acceptors (Lipinski definition) is 5. The molecular formula is C24H30N2O4S. The van der Waals surface area contributed by atoms with Crippen LogP contribution in [-0.4, -0.2) is 49.9 Å². The van der Waals surface area contributed by atoms with Gasteiger partial charge in [0.05, 0.1) is 18.1 Å². The smallest absolute Gasteiger partial charge is 0.247 e. The molecule has 2 fully saturated rings. The van der Waals surface area contributed by atoms with Crippen LogP contribution >= 0.6 is 0 Å². The lowest BCUT2D eigenvalue weighted by Gasteiger charge is -2.27. The van der Waals surface area contributed by atoms with Gasteiger partial charge >= 0.3 is 0 Å². The molecule has 1 aromatic carbocycles. The Hall–Kier alpha value is -2.54. The highest BCUT2D eigenvalue weighted by atomic mass is 32.2. The van der Waals surface area contributed by atoms with Crippen LogP contribution in [0.2, 0.25) is 0 Å². The Balaban J connectivity index is 1.51. The number of rotatable bonds is 6. The number of carbonyl (C=O) groups is 1. The lowest BCUT2D eigenvalue weighted by atomic mass is 10.1. The van der Waals surface area contributed by atoms with Crippen LogP contribution in [0.15, 0.2) is 46.9 Å². The number of amides is 1. The van der Waals surface area contributed by atoms with Gasteiger partial charge in [0, 0.05) is 31.3 Å². The van der Waals surface area contributed by atoms with E-state index in [2.05, 4.69) is 4.90 Å². The summed E-state index contributed by atoms with van der Waals surface area (Å²) in [7, 11) is -3.11. The number of benzene rings is 1. The Morgan fingerprint density at radius 2 is 1.87 bits per heavy atom. The monoisotopic (exact) mass is 442 g/mol. The van der Waals surface area contributed by atoms with Gasteiger partial charge in [0.25, 0.3) is 0 Å². The third-order valence-electron chi connectivity index (χ3n) is 6.07. The molecule has 1 unspecified atom stereocenters. The Labute approximate surface area is 184 Å². The molecule has 7 heteroatoms. The highest BCUT2D eigenvalue weighted by Crippen LogP contribution is 2.26. The first kappa shape index (κ1) is 21.7. The number of aryl methyl sites for hydroxylation is 1. The summed E-state index contributed by atoms with van der Waals surface area (Å²) in [5.74, 6) is 1.45. The summed E-state index contributed by atoms with van der Waals surface area (Å²) in [5, 5.41) is 0. The van der Waals surface area contributed by atoms with Crippen molar-refractivity contribution >= 4 is 27.7 Å². The van der Waals surface area contributed by atoms with Crippen LogP contribution in [0.3, 0.4) is 0 Å². The molecule has 1 amide bonds. The van der Waals surface area contributed by atoms with E-state index in [1.54, 1.807) is 11.0 Å². The molecule has 0 bridgehead atoms. The Morgan fingerprint density at radius 1 is 1.13 bits per heavy atom. The van der Waals surface area contributed by atoms with Crippen molar-refractivity contribution in [3.8, 4) is 0 Å². The van der Waals surface area contributed by atoms with E-state index in [1.165, 1.54) is 12.5 Å². The molecule has 0 N–H and O–H groups in total. The van der Waals surface area contributed by atoms with Gasteiger partial charge in [-0.05, 0) is 50.3 Å². The molecule has 4 rings (SSSR count). The van der Waals surface area contributed by atoms with E-state index in [-0.39, 0.29) is 30.0 Å². The van der Waals surface area contributed by atoms with Crippen molar-refractivity contribution in [3.63, 3.8) is 0 Å². The van der Waals surface area contributed by atoms with Crippen LogP contribution in [-0.2, 0) is 21.2 Å². The Morgan fingerprint density at radius 3 is 2.55 bits per heavy atom. The molecule has 1 aromatic heterocycles. The van der Waals surface area contributed by atoms with Crippen LogP contribution < -0.4 is 4.90 Å². The summed E-state index contributed by atoms with van der Waals surface area (Å²) >= 11 is 0. The lowest BCUT2D eigenvalue weighted by Crippen LogP contribution is -2.39. The number of piperidine rings is 1. The molecular weight excluding hydrogens is 412 g/mol. The van der Waals surface area contributed by atoms with Gasteiger partial charge in [-0.15, -0.1) is 0 Å². The molecule has 3 heterocycles. The molecule has 0 saturated carbocycles. The zero-order valence-electron chi connectivity index (χ0n) is 18.0. The maximum Gasteiger partial charge on any atom is 0.247 e. The van der Waals surface area contributed by atoms with Crippen LogP contribution in [0.25, 0.3) is 6.08 Å². The number of nitrogens with zero attached hydrogens (tertiary/aromatic N) is 2. The highest BCUT2D eigenvalue weighted by molar-refractivity contribution is 7.91. The van der Waals surface area contributed by atoms with E-state index in [0.29, 0.717) is 12.2 Å². The number of sulfone groups is 1. The predicted molar refractivity (Wildman–Crippen MR) is 123 cm³/mol. The normalized spacial score (nSPS) is 20.9. The lowest BCUT2D eigenvalue weighted by molar-refractivity contribution is -0.128. The zero-order valence-corrected chi connectivity index (χ0v) is 18.8. The van der Waals surface area contributed by atoms with Crippen molar-refractivity contribution in [3.05, 3.63) is 59.4 Å². The predicted octanol–water partition coefficient (Wildman–Crippen LogP) is 3.81. The molecule has 2 aliphatic heterocycles. The van der Waals surface area contributed by atoms with Gasteiger partial charge in [0.15, 0.2) is 15.7 Å². The van der Waals surface area contributed by atoms with E-state index in [1.807, 2.05) is 43.3 Å². The second kappa shape index (κ2) is 9.30. The first-order chi connectivity index (χ1) is 14.9. The van der Waals surface area contributed by atoms with Crippen molar-refractivity contribution in [1.29, 1.82) is 0 Å².